The third-order valence-corrected chi connectivity index (χ3v) is 3.28. The van der Waals surface area contributed by atoms with E-state index in [4.69, 9.17) is 0 Å². The van der Waals surface area contributed by atoms with Crippen LogP contribution < -0.4 is 0 Å². The summed E-state index contributed by atoms with van der Waals surface area (Å²) < 4.78 is 0. The molecule has 0 bridgehead atoms. The van der Waals surface area contributed by atoms with E-state index in [0.717, 1.165) is 22.5 Å². The molecule has 3 nitrogen and oxygen atoms in total. The summed E-state index contributed by atoms with van der Waals surface area (Å²) in [5, 5.41) is 0. The SMILES string of the molecule is Cc1[nH]c(C)c(-c2cccnc2)c1-c1cccnc1. The monoisotopic (exact) mass is 249 g/mol. The lowest BCUT2D eigenvalue weighted by Gasteiger charge is -2.06. The number of aromatic nitrogens is 3. The van der Waals surface area contributed by atoms with Gasteiger partial charge in [0.15, 0.2) is 0 Å². The van der Waals surface area contributed by atoms with Gasteiger partial charge in [0.1, 0.15) is 0 Å². The van der Waals surface area contributed by atoms with Gasteiger partial charge in [-0.2, -0.15) is 0 Å². The Kier molecular flexibility index (Phi) is 2.88. The minimum Gasteiger partial charge on any atom is -0.362 e. The molecule has 0 saturated heterocycles. The third-order valence-electron chi connectivity index (χ3n) is 3.28. The van der Waals surface area contributed by atoms with Crippen LogP contribution in [0.3, 0.4) is 0 Å². The van der Waals surface area contributed by atoms with Crippen LogP contribution in [0.4, 0.5) is 0 Å². The summed E-state index contributed by atoms with van der Waals surface area (Å²) >= 11 is 0. The molecule has 0 spiro atoms. The van der Waals surface area contributed by atoms with Crippen LogP contribution in [0.5, 0.6) is 0 Å². The molecule has 3 heteroatoms. The Bertz CT molecular complexity index is 625. The standard InChI is InChI=1S/C16H15N3/c1-11-15(13-5-3-7-17-9-13)16(12(2)19-11)14-6-4-8-18-10-14/h3-10,19H,1-2H3. The molecule has 0 aliphatic rings. The Balaban J connectivity index is 2.26. The Morgan fingerprint density at radius 3 is 1.63 bits per heavy atom. The summed E-state index contributed by atoms with van der Waals surface area (Å²) in [6.07, 6.45) is 7.38. The topological polar surface area (TPSA) is 41.6 Å². The lowest BCUT2D eigenvalue weighted by atomic mass is 9.97. The van der Waals surface area contributed by atoms with Crippen molar-refractivity contribution in [3.05, 3.63) is 60.4 Å². The lowest BCUT2D eigenvalue weighted by molar-refractivity contribution is 1.19. The second kappa shape index (κ2) is 4.69. The number of nitrogens with one attached hydrogen (secondary N) is 1. The molecule has 0 saturated carbocycles. The van der Waals surface area contributed by atoms with E-state index in [-0.39, 0.29) is 0 Å². The molecule has 19 heavy (non-hydrogen) atoms. The second-order valence-corrected chi connectivity index (χ2v) is 4.61. The maximum atomic E-state index is 4.22. The lowest BCUT2D eigenvalue weighted by Crippen LogP contribution is -1.85. The van der Waals surface area contributed by atoms with E-state index in [1.165, 1.54) is 11.1 Å². The number of aromatic amines is 1. The zero-order chi connectivity index (χ0) is 13.2. The minimum absolute atomic E-state index is 1.13. The molecule has 0 aliphatic heterocycles. The zero-order valence-electron chi connectivity index (χ0n) is 11.0. The maximum absolute atomic E-state index is 4.22. The number of H-pyrrole nitrogens is 1. The van der Waals surface area contributed by atoms with Gasteiger partial charge in [0, 0.05) is 58.4 Å². The molecule has 0 radical (unpaired) electrons. The molecule has 3 aromatic rings. The largest absolute Gasteiger partial charge is 0.362 e. The van der Waals surface area contributed by atoms with Crippen molar-refractivity contribution >= 4 is 0 Å². The predicted octanol–water partition coefficient (Wildman–Crippen LogP) is 3.76. The number of aryl methyl sites for hydroxylation is 2. The van der Waals surface area contributed by atoms with E-state index in [1.54, 1.807) is 12.4 Å². The quantitative estimate of drug-likeness (QED) is 0.751. The molecule has 3 aromatic heterocycles. The van der Waals surface area contributed by atoms with Crippen molar-refractivity contribution in [3.8, 4) is 22.3 Å². The van der Waals surface area contributed by atoms with Crippen LogP contribution in [-0.4, -0.2) is 15.0 Å². The average Bonchev–Trinajstić information content (AvgIpc) is 2.75. The molecular weight excluding hydrogens is 234 g/mol. The summed E-state index contributed by atoms with van der Waals surface area (Å²) in [4.78, 5) is 11.9. The van der Waals surface area contributed by atoms with Crippen molar-refractivity contribution < 1.29 is 0 Å². The van der Waals surface area contributed by atoms with Gasteiger partial charge in [-0.3, -0.25) is 9.97 Å². The van der Waals surface area contributed by atoms with E-state index in [2.05, 4.69) is 40.9 Å². The number of rotatable bonds is 2. The first-order chi connectivity index (χ1) is 9.27. The molecule has 0 fully saturated rings. The molecule has 1 N–H and O–H groups in total. The number of nitrogens with zero attached hydrogens (tertiary/aromatic N) is 2. The number of hydrogen-bond donors (Lipinski definition) is 1. The first-order valence-corrected chi connectivity index (χ1v) is 6.27. The molecule has 94 valence electrons. The van der Waals surface area contributed by atoms with Crippen LogP contribution in [0, 0.1) is 13.8 Å². The summed E-state index contributed by atoms with van der Waals surface area (Å²) in [6.45, 7) is 4.18. The van der Waals surface area contributed by atoms with Gasteiger partial charge in [0.05, 0.1) is 0 Å². The average molecular weight is 249 g/mol. The molecule has 0 aromatic carbocycles. The Labute approximate surface area is 112 Å². The molecule has 0 amide bonds. The summed E-state index contributed by atoms with van der Waals surface area (Å²) in [7, 11) is 0. The van der Waals surface area contributed by atoms with Gasteiger partial charge < -0.3 is 4.98 Å². The van der Waals surface area contributed by atoms with Crippen LogP contribution in [-0.2, 0) is 0 Å². The van der Waals surface area contributed by atoms with Crippen LogP contribution in [0.15, 0.2) is 49.1 Å². The van der Waals surface area contributed by atoms with Crippen molar-refractivity contribution in [1.82, 2.24) is 15.0 Å². The highest BCUT2D eigenvalue weighted by atomic mass is 14.7. The molecule has 0 aliphatic carbocycles. The maximum Gasteiger partial charge on any atom is 0.0347 e. The van der Waals surface area contributed by atoms with E-state index >= 15 is 0 Å². The Morgan fingerprint density at radius 2 is 1.26 bits per heavy atom. The van der Waals surface area contributed by atoms with Crippen molar-refractivity contribution in [2.45, 2.75) is 13.8 Å². The molecular formula is C16H15N3. The summed E-state index contributed by atoms with van der Waals surface area (Å²) in [5.41, 5.74) is 6.98. The van der Waals surface area contributed by atoms with E-state index in [9.17, 15) is 0 Å². The van der Waals surface area contributed by atoms with E-state index in [0.29, 0.717) is 0 Å². The fourth-order valence-electron chi connectivity index (χ4n) is 2.52. The fourth-order valence-corrected chi connectivity index (χ4v) is 2.52. The van der Waals surface area contributed by atoms with Crippen molar-refractivity contribution in [3.63, 3.8) is 0 Å². The minimum atomic E-state index is 1.13. The van der Waals surface area contributed by atoms with E-state index in [1.807, 2.05) is 24.5 Å². The third kappa shape index (κ3) is 2.03. The second-order valence-electron chi connectivity index (χ2n) is 4.61. The van der Waals surface area contributed by atoms with Gasteiger partial charge in [-0.25, -0.2) is 0 Å². The highest BCUT2D eigenvalue weighted by Crippen LogP contribution is 2.36. The zero-order valence-corrected chi connectivity index (χ0v) is 11.0. The van der Waals surface area contributed by atoms with Crippen LogP contribution in [0.2, 0.25) is 0 Å². The Hall–Kier alpha value is -2.42. The van der Waals surface area contributed by atoms with Crippen molar-refractivity contribution in [2.75, 3.05) is 0 Å². The summed E-state index contributed by atoms with van der Waals surface area (Å²) in [5.74, 6) is 0. The van der Waals surface area contributed by atoms with E-state index < -0.39 is 0 Å². The van der Waals surface area contributed by atoms with Crippen LogP contribution in [0.25, 0.3) is 22.3 Å². The normalized spacial score (nSPS) is 10.6. The molecule has 0 atom stereocenters. The first kappa shape index (κ1) is 11.7. The molecule has 3 rings (SSSR count). The number of hydrogen-bond acceptors (Lipinski definition) is 2. The molecule has 0 unspecified atom stereocenters. The Morgan fingerprint density at radius 1 is 0.789 bits per heavy atom. The predicted molar refractivity (Wildman–Crippen MR) is 76.7 cm³/mol. The van der Waals surface area contributed by atoms with Gasteiger partial charge in [-0.05, 0) is 26.0 Å². The van der Waals surface area contributed by atoms with Gasteiger partial charge in [0.2, 0.25) is 0 Å². The van der Waals surface area contributed by atoms with Gasteiger partial charge in [-0.1, -0.05) is 12.1 Å². The molecule has 3 heterocycles. The van der Waals surface area contributed by atoms with Crippen molar-refractivity contribution in [2.24, 2.45) is 0 Å². The van der Waals surface area contributed by atoms with Gasteiger partial charge in [-0.15, -0.1) is 0 Å². The van der Waals surface area contributed by atoms with Crippen LogP contribution in [0.1, 0.15) is 11.4 Å². The number of pyridine rings is 2. The van der Waals surface area contributed by atoms with Gasteiger partial charge in [0.25, 0.3) is 0 Å². The van der Waals surface area contributed by atoms with Crippen LogP contribution >= 0.6 is 0 Å². The van der Waals surface area contributed by atoms with Crippen molar-refractivity contribution in [1.29, 1.82) is 0 Å². The highest BCUT2D eigenvalue weighted by molar-refractivity contribution is 5.86. The fraction of sp³-hybridized carbons (Fsp3) is 0.125. The smallest absolute Gasteiger partial charge is 0.0347 e. The van der Waals surface area contributed by atoms with Gasteiger partial charge >= 0.3 is 0 Å². The summed E-state index contributed by atoms with van der Waals surface area (Å²) in [6, 6.07) is 8.10. The first-order valence-electron chi connectivity index (χ1n) is 6.27. The highest BCUT2D eigenvalue weighted by Gasteiger charge is 2.15.